The highest BCUT2D eigenvalue weighted by Gasteiger charge is 2.27. The fourth-order valence-corrected chi connectivity index (χ4v) is 3.01. The number of likely N-dealkylation sites (tertiary alicyclic amines) is 1. The van der Waals surface area contributed by atoms with Crippen LogP contribution >= 0.6 is 0 Å². The Kier molecular flexibility index (Phi) is 4.89. The largest absolute Gasteiger partial charge is 0.441 e. The van der Waals surface area contributed by atoms with E-state index >= 15 is 0 Å². The quantitative estimate of drug-likeness (QED) is 0.911. The molecule has 1 aromatic heterocycles. The van der Waals surface area contributed by atoms with Crippen LogP contribution in [0, 0.1) is 11.6 Å². The second-order valence-corrected chi connectivity index (χ2v) is 5.86. The van der Waals surface area contributed by atoms with Gasteiger partial charge in [-0.2, -0.15) is 0 Å². The third-order valence-corrected chi connectivity index (χ3v) is 4.27. The summed E-state index contributed by atoms with van der Waals surface area (Å²) in [5, 5.41) is 0. The van der Waals surface area contributed by atoms with Crippen molar-refractivity contribution in [3.63, 3.8) is 0 Å². The van der Waals surface area contributed by atoms with Gasteiger partial charge in [0.15, 0.2) is 11.7 Å². The van der Waals surface area contributed by atoms with E-state index in [4.69, 9.17) is 10.2 Å². The van der Waals surface area contributed by atoms with E-state index in [1.165, 1.54) is 12.3 Å². The van der Waals surface area contributed by atoms with Crippen LogP contribution in [-0.4, -0.2) is 34.9 Å². The first-order chi connectivity index (χ1) is 11.6. The van der Waals surface area contributed by atoms with Crippen LogP contribution in [0.3, 0.4) is 0 Å². The van der Waals surface area contributed by atoms with Crippen LogP contribution in [0.25, 0.3) is 11.3 Å². The molecule has 2 N–H and O–H groups in total. The number of nitrogens with two attached hydrogens (primary N) is 1. The number of rotatable bonds is 5. The lowest BCUT2D eigenvalue weighted by Crippen LogP contribution is -2.40. The van der Waals surface area contributed by atoms with Crippen LogP contribution < -0.4 is 5.73 Å². The number of nitrogens with zero attached hydrogens (tertiary/aromatic N) is 2. The first-order valence-corrected chi connectivity index (χ1v) is 7.98. The molecule has 24 heavy (non-hydrogen) atoms. The molecule has 1 aromatic carbocycles. The predicted octanol–water partition coefficient (Wildman–Crippen LogP) is 2.50. The van der Waals surface area contributed by atoms with E-state index in [9.17, 15) is 13.6 Å². The summed E-state index contributed by atoms with van der Waals surface area (Å²) in [6.07, 6.45) is 3.89. The SMILES string of the molecule is NCC1CCCN1C(=O)CCc1ncc(-c2ccc(F)cc2F)o1. The first kappa shape index (κ1) is 16.6. The normalized spacial score (nSPS) is 17.5. The molecule has 0 spiro atoms. The summed E-state index contributed by atoms with van der Waals surface area (Å²) in [6, 6.07) is 3.37. The fraction of sp³-hybridized carbons (Fsp3) is 0.412. The van der Waals surface area contributed by atoms with Gasteiger partial charge >= 0.3 is 0 Å². The second kappa shape index (κ2) is 7.09. The van der Waals surface area contributed by atoms with Crippen LogP contribution in [-0.2, 0) is 11.2 Å². The zero-order valence-electron chi connectivity index (χ0n) is 13.2. The summed E-state index contributed by atoms with van der Waals surface area (Å²) < 4.78 is 32.2. The third kappa shape index (κ3) is 3.46. The number of carbonyl (C=O) groups excluding carboxylic acids is 1. The Bertz CT molecular complexity index is 732. The van der Waals surface area contributed by atoms with Crippen LogP contribution in [0.1, 0.15) is 25.2 Å². The van der Waals surface area contributed by atoms with E-state index < -0.39 is 11.6 Å². The van der Waals surface area contributed by atoms with E-state index in [1.807, 2.05) is 4.90 Å². The molecular formula is C17H19F2N3O2. The number of hydrogen-bond acceptors (Lipinski definition) is 4. The number of carbonyl (C=O) groups is 1. The fourth-order valence-electron chi connectivity index (χ4n) is 3.01. The molecule has 1 amide bonds. The second-order valence-electron chi connectivity index (χ2n) is 5.86. The van der Waals surface area contributed by atoms with Crippen molar-refractivity contribution in [2.45, 2.75) is 31.7 Å². The molecule has 0 radical (unpaired) electrons. The predicted molar refractivity (Wildman–Crippen MR) is 84.0 cm³/mol. The summed E-state index contributed by atoms with van der Waals surface area (Å²) >= 11 is 0. The summed E-state index contributed by atoms with van der Waals surface area (Å²) in [4.78, 5) is 18.1. The number of halogens is 2. The van der Waals surface area contributed by atoms with E-state index in [-0.39, 0.29) is 29.7 Å². The van der Waals surface area contributed by atoms with Crippen LogP contribution in [0.4, 0.5) is 8.78 Å². The Morgan fingerprint density at radius 2 is 2.25 bits per heavy atom. The van der Waals surface area contributed by atoms with Gasteiger partial charge in [0.25, 0.3) is 0 Å². The molecular weight excluding hydrogens is 316 g/mol. The smallest absolute Gasteiger partial charge is 0.223 e. The molecule has 5 nitrogen and oxygen atoms in total. The van der Waals surface area contributed by atoms with E-state index in [1.54, 1.807) is 0 Å². The standard InChI is InChI=1S/C17H19F2N3O2/c18-11-3-4-13(14(19)8-11)15-10-21-16(24-15)5-6-17(23)22-7-1-2-12(22)9-20/h3-4,8,10,12H,1-2,5-7,9,20H2. The van der Waals surface area contributed by atoms with Gasteiger partial charge in [0.1, 0.15) is 11.6 Å². The number of benzene rings is 1. The zero-order valence-corrected chi connectivity index (χ0v) is 13.2. The van der Waals surface area contributed by atoms with Crippen molar-refractivity contribution in [3.05, 3.63) is 41.9 Å². The Labute approximate surface area is 138 Å². The molecule has 0 bridgehead atoms. The maximum absolute atomic E-state index is 13.7. The molecule has 1 aliphatic heterocycles. The first-order valence-electron chi connectivity index (χ1n) is 7.98. The zero-order chi connectivity index (χ0) is 17.1. The highest BCUT2D eigenvalue weighted by Crippen LogP contribution is 2.25. The van der Waals surface area contributed by atoms with Gasteiger partial charge in [0.2, 0.25) is 5.91 Å². The molecule has 1 saturated heterocycles. The lowest BCUT2D eigenvalue weighted by Gasteiger charge is -2.23. The van der Waals surface area contributed by atoms with E-state index in [0.717, 1.165) is 31.5 Å². The average molecular weight is 335 g/mol. The number of aromatic nitrogens is 1. The van der Waals surface area contributed by atoms with Crippen molar-refractivity contribution in [2.24, 2.45) is 5.73 Å². The molecule has 2 aromatic rings. The van der Waals surface area contributed by atoms with Gasteiger partial charge in [-0.05, 0) is 25.0 Å². The maximum atomic E-state index is 13.7. The third-order valence-electron chi connectivity index (χ3n) is 4.27. The molecule has 1 fully saturated rings. The topological polar surface area (TPSA) is 72.4 Å². The van der Waals surface area contributed by atoms with E-state index in [2.05, 4.69) is 4.98 Å². The molecule has 0 aliphatic carbocycles. The molecule has 1 aliphatic rings. The number of aryl methyl sites for hydroxylation is 1. The number of amides is 1. The van der Waals surface area contributed by atoms with Crippen LogP contribution in [0.5, 0.6) is 0 Å². The Morgan fingerprint density at radius 1 is 1.42 bits per heavy atom. The van der Waals surface area contributed by atoms with Crippen molar-refractivity contribution >= 4 is 5.91 Å². The van der Waals surface area contributed by atoms with E-state index in [0.29, 0.717) is 18.9 Å². The van der Waals surface area contributed by atoms with Crippen molar-refractivity contribution in [2.75, 3.05) is 13.1 Å². The summed E-state index contributed by atoms with van der Waals surface area (Å²) in [7, 11) is 0. The van der Waals surface area contributed by atoms with Gasteiger partial charge in [-0.25, -0.2) is 13.8 Å². The summed E-state index contributed by atoms with van der Waals surface area (Å²) in [6.45, 7) is 1.21. The van der Waals surface area contributed by atoms with Gasteiger partial charge < -0.3 is 15.1 Å². The maximum Gasteiger partial charge on any atom is 0.223 e. The molecule has 2 heterocycles. The Morgan fingerprint density at radius 3 is 3.00 bits per heavy atom. The monoisotopic (exact) mass is 335 g/mol. The highest BCUT2D eigenvalue weighted by atomic mass is 19.1. The molecule has 1 unspecified atom stereocenters. The van der Waals surface area contributed by atoms with Gasteiger partial charge in [0, 0.05) is 38.0 Å². The number of oxazole rings is 1. The summed E-state index contributed by atoms with van der Waals surface area (Å²) in [5.74, 6) is -0.768. The van der Waals surface area contributed by atoms with Gasteiger partial charge in [-0.15, -0.1) is 0 Å². The van der Waals surface area contributed by atoms with Gasteiger partial charge in [-0.1, -0.05) is 0 Å². The molecule has 128 valence electrons. The van der Waals surface area contributed by atoms with Crippen molar-refractivity contribution in [3.8, 4) is 11.3 Å². The minimum atomic E-state index is -0.711. The van der Waals surface area contributed by atoms with Crippen LogP contribution in [0.2, 0.25) is 0 Å². The molecule has 0 saturated carbocycles. The van der Waals surface area contributed by atoms with Crippen molar-refractivity contribution < 1.29 is 18.0 Å². The summed E-state index contributed by atoms with van der Waals surface area (Å²) in [5.41, 5.74) is 5.82. The van der Waals surface area contributed by atoms with Crippen molar-refractivity contribution in [1.82, 2.24) is 9.88 Å². The van der Waals surface area contributed by atoms with Crippen molar-refractivity contribution in [1.29, 1.82) is 0 Å². The highest BCUT2D eigenvalue weighted by molar-refractivity contribution is 5.77. The minimum Gasteiger partial charge on any atom is -0.441 e. The van der Waals surface area contributed by atoms with Gasteiger partial charge in [-0.3, -0.25) is 4.79 Å². The minimum absolute atomic E-state index is 0.0238. The average Bonchev–Trinajstić information content (AvgIpc) is 3.21. The van der Waals surface area contributed by atoms with Gasteiger partial charge in [0.05, 0.1) is 11.8 Å². The lowest BCUT2D eigenvalue weighted by molar-refractivity contribution is -0.131. The molecule has 3 rings (SSSR count). The molecule has 1 atom stereocenters. The van der Waals surface area contributed by atoms with Crippen LogP contribution in [0.15, 0.2) is 28.8 Å². The molecule has 7 heteroatoms. The number of hydrogen-bond donors (Lipinski definition) is 1. The Hall–Kier alpha value is -2.28. The Balaban J connectivity index is 1.63. The lowest BCUT2D eigenvalue weighted by atomic mass is 10.2.